The molecule has 0 spiro atoms. The van der Waals surface area contributed by atoms with Crippen molar-refractivity contribution >= 4 is 33.5 Å². The van der Waals surface area contributed by atoms with Crippen molar-refractivity contribution in [1.82, 2.24) is 10.2 Å². The Morgan fingerprint density at radius 1 is 1.10 bits per heavy atom. The van der Waals surface area contributed by atoms with E-state index in [-0.39, 0.29) is 16.8 Å². The zero-order chi connectivity index (χ0) is 21.6. The Kier molecular flexibility index (Phi) is 7.11. The molecule has 3 aromatic rings. The number of anilines is 1. The molecular formula is C20H21N3O5S2. The standard InChI is InChI=1S/C20H21N3O5S2/c1-27-15-5-7-16(8-6-15)29-12-11-18(24)21-20-23-22-19(28-20)13-14-3-9-17(10-4-14)30(2,25)26/h3-10H,11-13H2,1-2H3,(H,21,23,24). The molecule has 0 aliphatic carbocycles. The molecule has 0 bridgehead atoms. The van der Waals surface area contributed by atoms with Gasteiger partial charge >= 0.3 is 6.01 Å². The van der Waals surface area contributed by atoms with Gasteiger partial charge in [0.25, 0.3) is 0 Å². The van der Waals surface area contributed by atoms with Crippen molar-refractivity contribution < 1.29 is 22.4 Å². The van der Waals surface area contributed by atoms with E-state index in [1.807, 2.05) is 24.3 Å². The quantitative estimate of drug-likeness (QED) is 0.498. The molecule has 2 aromatic carbocycles. The third-order valence-corrected chi connectivity index (χ3v) is 6.22. The van der Waals surface area contributed by atoms with Gasteiger partial charge in [-0.2, -0.15) is 0 Å². The number of carbonyl (C=O) groups is 1. The molecule has 158 valence electrons. The Balaban J connectivity index is 1.46. The van der Waals surface area contributed by atoms with Gasteiger partial charge in [0.15, 0.2) is 9.84 Å². The van der Waals surface area contributed by atoms with Crippen LogP contribution in [0.15, 0.2) is 62.7 Å². The van der Waals surface area contributed by atoms with E-state index in [4.69, 9.17) is 9.15 Å². The van der Waals surface area contributed by atoms with Crippen LogP contribution < -0.4 is 10.1 Å². The van der Waals surface area contributed by atoms with E-state index in [2.05, 4.69) is 15.5 Å². The maximum Gasteiger partial charge on any atom is 0.322 e. The van der Waals surface area contributed by atoms with Crippen LogP contribution in [0.3, 0.4) is 0 Å². The minimum atomic E-state index is -3.24. The van der Waals surface area contributed by atoms with E-state index in [0.717, 1.165) is 22.5 Å². The van der Waals surface area contributed by atoms with Crippen molar-refractivity contribution in [3.8, 4) is 5.75 Å². The van der Waals surface area contributed by atoms with Crippen LogP contribution in [0.4, 0.5) is 6.01 Å². The zero-order valence-corrected chi connectivity index (χ0v) is 18.1. The first-order valence-electron chi connectivity index (χ1n) is 9.01. The average molecular weight is 448 g/mol. The molecular weight excluding hydrogens is 426 g/mol. The first kappa shape index (κ1) is 21.8. The first-order chi connectivity index (χ1) is 14.3. The maximum absolute atomic E-state index is 12.1. The summed E-state index contributed by atoms with van der Waals surface area (Å²) in [5.41, 5.74) is 0.819. The Labute approximate surface area is 179 Å². The molecule has 10 heteroatoms. The lowest BCUT2D eigenvalue weighted by Gasteiger charge is -2.03. The second-order valence-electron chi connectivity index (χ2n) is 6.42. The molecule has 3 rings (SSSR count). The number of hydrogen-bond acceptors (Lipinski definition) is 8. The van der Waals surface area contributed by atoms with Gasteiger partial charge in [-0.05, 0) is 42.0 Å². The largest absolute Gasteiger partial charge is 0.497 e. The topological polar surface area (TPSA) is 111 Å². The Morgan fingerprint density at radius 3 is 2.43 bits per heavy atom. The number of hydrogen-bond donors (Lipinski definition) is 1. The predicted molar refractivity (Wildman–Crippen MR) is 114 cm³/mol. The van der Waals surface area contributed by atoms with Crippen LogP contribution in [0.25, 0.3) is 0 Å². The molecule has 0 saturated carbocycles. The van der Waals surface area contributed by atoms with E-state index in [1.54, 1.807) is 31.0 Å². The fourth-order valence-corrected chi connectivity index (χ4v) is 4.00. The SMILES string of the molecule is COc1ccc(SCCC(=O)Nc2nnc(Cc3ccc(S(C)(=O)=O)cc3)o2)cc1. The van der Waals surface area contributed by atoms with Crippen LogP contribution in [-0.4, -0.2) is 43.6 Å². The number of thioether (sulfide) groups is 1. The molecule has 0 saturated heterocycles. The lowest BCUT2D eigenvalue weighted by Crippen LogP contribution is -2.12. The van der Waals surface area contributed by atoms with Crippen molar-refractivity contribution in [1.29, 1.82) is 0 Å². The highest BCUT2D eigenvalue weighted by atomic mass is 32.2. The lowest BCUT2D eigenvalue weighted by molar-refractivity contribution is -0.115. The van der Waals surface area contributed by atoms with Crippen LogP contribution in [0.5, 0.6) is 5.75 Å². The van der Waals surface area contributed by atoms with Gasteiger partial charge in [0, 0.05) is 23.3 Å². The Hall–Kier alpha value is -2.85. The van der Waals surface area contributed by atoms with Gasteiger partial charge < -0.3 is 9.15 Å². The van der Waals surface area contributed by atoms with Crippen molar-refractivity contribution in [2.75, 3.05) is 24.4 Å². The first-order valence-corrected chi connectivity index (χ1v) is 11.9. The monoisotopic (exact) mass is 447 g/mol. The summed E-state index contributed by atoms with van der Waals surface area (Å²) in [6.07, 6.45) is 1.78. The van der Waals surface area contributed by atoms with Gasteiger partial charge in [-0.25, -0.2) is 8.42 Å². The van der Waals surface area contributed by atoms with Crippen LogP contribution in [0.2, 0.25) is 0 Å². The Morgan fingerprint density at radius 2 is 1.80 bits per heavy atom. The lowest BCUT2D eigenvalue weighted by atomic mass is 10.1. The van der Waals surface area contributed by atoms with Crippen LogP contribution in [0, 0.1) is 0 Å². The van der Waals surface area contributed by atoms with Crippen molar-refractivity contribution in [2.45, 2.75) is 22.6 Å². The summed E-state index contributed by atoms with van der Waals surface area (Å²) in [6, 6.07) is 14.1. The van der Waals surface area contributed by atoms with Crippen molar-refractivity contribution in [2.24, 2.45) is 0 Å². The van der Waals surface area contributed by atoms with E-state index in [1.165, 1.54) is 12.1 Å². The van der Waals surface area contributed by atoms with Gasteiger partial charge in [-0.15, -0.1) is 16.9 Å². The number of nitrogens with one attached hydrogen (secondary N) is 1. The minimum absolute atomic E-state index is 0.0391. The van der Waals surface area contributed by atoms with Gasteiger partial charge in [0.1, 0.15) is 5.75 Å². The highest BCUT2D eigenvalue weighted by molar-refractivity contribution is 7.99. The van der Waals surface area contributed by atoms with Crippen LogP contribution in [0.1, 0.15) is 17.9 Å². The highest BCUT2D eigenvalue weighted by Crippen LogP contribution is 2.22. The zero-order valence-electron chi connectivity index (χ0n) is 16.5. The van der Waals surface area contributed by atoms with Crippen LogP contribution in [-0.2, 0) is 21.1 Å². The summed E-state index contributed by atoms with van der Waals surface area (Å²) in [4.78, 5) is 13.4. The van der Waals surface area contributed by atoms with Crippen LogP contribution >= 0.6 is 11.8 Å². The smallest absolute Gasteiger partial charge is 0.322 e. The molecule has 0 aliphatic heterocycles. The molecule has 0 fully saturated rings. The van der Waals surface area contributed by atoms with Gasteiger partial charge in [0.05, 0.1) is 18.4 Å². The number of benzene rings is 2. The third-order valence-electron chi connectivity index (χ3n) is 4.08. The number of aromatic nitrogens is 2. The Bertz CT molecular complexity index is 1090. The minimum Gasteiger partial charge on any atom is -0.497 e. The molecule has 8 nitrogen and oxygen atoms in total. The molecule has 0 aliphatic rings. The fraction of sp³-hybridized carbons (Fsp3) is 0.250. The van der Waals surface area contributed by atoms with E-state index in [0.29, 0.717) is 24.5 Å². The molecule has 0 atom stereocenters. The van der Waals surface area contributed by atoms with Crippen molar-refractivity contribution in [3.05, 3.63) is 60.0 Å². The number of methoxy groups -OCH3 is 1. The normalized spacial score (nSPS) is 11.3. The summed E-state index contributed by atoms with van der Waals surface area (Å²) >= 11 is 1.56. The summed E-state index contributed by atoms with van der Waals surface area (Å²) in [5.74, 6) is 1.50. The summed E-state index contributed by atoms with van der Waals surface area (Å²) in [5, 5.41) is 10.3. The number of sulfone groups is 1. The van der Waals surface area contributed by atoms with Gasteiger partial charge in [-0.1, -0.05) is 17.2 Å². The van der Waals surface area contributed by atoms with Gasteiger partial charge in [-0.3, -0.25) is 10.1 Å². The predicted octanol–water partition coefficient (Wildman–Crippen LogP) is 3.19. The molecule has 1 aromatic heterocycles. The number of nitrogens with zero attached hydrogens (tertiary/aromatic N) is 2. The maximum atomic E-state index is 12.1. The van der Waals surface area contributed by atoms with Gasteiger partial charge in [0.2, 0.25) is 11.8 Å². The van der Waals surface area contributed by atoms with E-state index < -0.39 is 9.84 Å². The number of carbonyl (C=O) groups excluding carboxylic acids is 1. The molecule has 1 amide bonds. The second kappa shape index (κ2) is 9.77. The molecule has 1 heterocycles. The summed E-state index contributed by atoms with van der Waals surface area (Å²) in [7, 11) is -1.62. The summed E-state index contributed by atoms with van der Waals surface area (Å²) < 4.78 is 33.6. The summed E-state index contributed by atoms with van der Waals surface area (Å²) in [6.45, 7) is 0. The number of ether oxygens (including phenoxy) is 1. The number of amides is 1. The molecule has 0 unspecified atom stereocenters. The van der Waals surface area contributed by atoms with E-state index in [9.17, 15) is 13.2 Å². The third kappa shape index (κ3) is 6.33. The molecule has 0 radical (unpaired) electrons. The number of rotatable bonds is 9. The molecule has 1 N–H and O–H groups in total. The van der Waals surface area contributed by atoms with E-state index >= 15 is 0 Å². The van der Waals surface area contributed by atoms with Crippen molar-refractivity contribution in [3.63, 3.8) is 0 Å². The molecule has 30 heavy (non-hydrogen) atoms. The fourth-order valence-electron chi connectivity index (χ4n) is 2.52. The second-order valence-corrected chi connectivity index (χ2v) is 9.60. The average Bonchev–Trinajstić information content (AvgIpc) is 3.15. The highest BCUT2D eigenvalue weighted by Gasteiger charge is 2.12.